The molecule has 0 atom stereocenters. The number of hydrogen-bond acceptors (Lipinski definition) is 4. The minimum atomic E-state index is -3.43. The van der Waals surface area contributed by atoms with Gasteiger partial charge >= 0.3 is 0 Å². The Balaban J connectivity index is 1.85. The van der Waals surface area contributed by atoms with E-state index in [4.69, 9.17) is 0 Å². The van der Waals surface area contributed by atoms with E-state index in [0.717, 1.165) is 36.3 Å². The number of amides is 1. The molecule has 0 bridgehead atoms. The highest BCUT2D eigenvalue weighted by atomic mass is 32.2. The number of hydrogen-bond donors (Lipinski definition) is 1. The lowest BCUT2D eigenvalue weighted by Crippen LogP contribution is -2.35. The van der Waals surface area contributed by atoms with Crippen LogP contribution in [0.2, 0.25) is 0 Å². The Bertz CT molecular complexity index is 671. The molecule has 0 unspecified atom stereocenters. The van der Waals surface area contributed by atoms with Crippen LogP contribution in [0.25, 0.3) is 0 Å². The molecule has 0 spiro atoms. The van der Waals surface area contributed by atoms with Gasteiger partial charge in [0.25, 0.3) is 0 Å². The van der Waals surface area contributed by atoms with Crippen molar-refractivity contribution < 1.29 is 13.2 Å². The molecular weight excluding hydrogens is 368 g/mol. The summed E-state index contributed by atoms with van der Waals surface area (Å²) in [7, 11) is -3.43. The summed E-state index contributed by atoms with van der Waals surface area (Å²) in [5, 5.41) is 2.89. The summed E-state index contributed by atoms with van der Waals surface area (Å²) < 4.78 is 27.1. The fourth-order valence-electron chi connectivity index (χ4n) is 2.87. The van der Waals surface area contributed by atoms with Crippen molar-refractivity contribution in [2.75, 3.05) is 24.6 Å². The third-order valence-corrected chi connectivity index (χ3v) is 7.42. The summed E-state index contributed by atoms with van der Waals surface area (Å²) in [6.07, 6.45) is 5.80. The Labute approximate surface area is 162 Å². The second-order valence-electron chi connectivity index (χ2n) is 6.60. The molecule has 0 radical (unpaired) electrons. The van der Waals surface area contributed by atoms with Crippen molar-refractivity contribution >= 4 is 27.7 Å². The van der Waals surface area contributed by atoms with Gasteiger partial charge in [0.15, 0.2) is 0 Å². The zero-order chi connectivity index (χ0) is 18.8. The monoisotopic (exact) mass is 398 g/mol. The van der Waals surface area contributed by atoms with Crippen molar-refractivity contribution in [3.63, 3.8) is 0 Å². The summed E-state index contributed by atoms with van der Waals surface area (Å²) in [5.41, 5.74) is 0.815. The molecule has 1 aromatic carbocycles. The molecule has 1 heterocycles. The van der Waals surface area contributed by atoms with Crippen molar-refractivity contribution in [3.05, 3.63) is 29.8 Å². The average molecular weight is 399 g/mol. The van der Waals surface area contributed by atoms with Crippen LogP contribution in [0.5, 0.6) is 0 Å². The molecule has 1 fully saturated rings. The van der Waals surface area contributed by atoms with Crippen LogP contribution in [0, 0.1) is 0 Å². The Morgan fingerprint density at radius 3 is 2.69 bits per heavy atom. The predicted molar refractivity (Wildman–Crippen MR) is 108 cm³/mol. The van der Waals surface area contributed by atoms with Crippen LogP contribution >= 0.6 is 11.8 Å². The van der Waals surface area contributed by atoms with Crippen LogP contribution in [-0.2, 0) is 21.4 Å². The number of sulfonamides is 1. The van der Waals surface area contributed by atoms with Crippen molar-refractivity contribution in [2.24, 2.45) is 0 Å². The molecule has 26 heavy (non-hydrogen) atoms. The SMILES string of the molecule is CCCCSCCC(=O)NCc1cccc(S(=O)(=O)N2CCCCC2)c1. The number of benzene rings is 1. The van der Waals surface area contributed by atoms with E-state index in [1.165, 1.54) is 12.8 Å². The smallest absolute Gasteiger partial charge is 0.243 e. The van der Waals surface area contributed by atoms with Gasteiger partial charge in [-0.3, -0.25) is 4.79 Å². The largest absolute Gasteiger partial charge is 0.352 e. The minimum Gasteiger partial charge on any atom is -0.352 e. The zero-order valence-electron chi connectivity index (χ0n) is 15.6. The number of nitrogens with zero attached hydrogens (tertiary/aromatic N) is 1. The van der Waals surface area contributed by atoms with E-state index >= 15 is 0 Å². The van der Waals surface area contributed by atoms with E-state index in [9.17, 15) is 13.2 Å². The topological polar surface area (TPSA) is 66.5 Å². The molecule has 1 N–H and O–H groups in total. The van der Waals surface area contributed by atoms with E-state index < -0.39 is 10.0 Å². The lowest BCUT2D eigenvalue weighted by atomic mass is 10.2. The average Bonchev–Trinajstić information content (AvgIpc) is 2.67. The highest BCUT2D eigenvalue weighted by molar-refractivity contribution is 7.99. The Hall–Kier alpha value is -1.05. The van der Waals surface area contributed by atoms with Crippen LogP contribution < -0.4 is 5.32 Å². The number of piperidine rings is 1. The summed E-state index contributed by atoms with van der Waals surface area (Å²) in [6.45, 7) is 3.71. The van der Waals surface area contributed by atoms with Crippen LogP contribution in [0.3, 0.4) is 0 Å². The fraction of sp³-hybridized carbons (Fsp3) is 0.632. The Morgan fingerprint density at radius 2 is 1.96 bits per heavy atom. The summed E-state index contributed by atoms with van der Waals surface area (Å²) in [5.74, 6) is 1.94. The molecule has 0 saturated carbocycles. The van der Waals surface area contributed by atoms with Gasteiger partial charge in [-0.25, -0.2) is 8.42 Å². The van der Waals surface area contributed by atoms with E-state index in [2.05, 4.69) is 12.2 Å². The molecule has 7 heteroatoms. The first-order valence-electron chi connectivity index (χ1n) is 9.47. The third kappa shape index (κ3) is 6.59. The minimum absolute atomic E-state index is 0.0123. The Morgan fingerprint density at radius 1 is 1.19 bits per heavy atom. The zero-order valence-corrected chi connectivity index (χ0v) is 17.2. The van der Waals surface area contributed by atoms with Crippen molar-refractivity contribution in [2.45, 2.75) is 56.9 Å². The molecule has 0 aromatic heterocycles. The molecule has 5 nitrogen and oxygen atoms in total. The molecular formula is C19H30N2O3S2. The number of nitrogens with one attached hydrogen (secondary N) is 1. The number of carbonyl (C=O) groups excluding carboxylic acids is 1. The first-order valence-corrected chi connectivity index (χ1v) is 12.1. The van der Waals surface area contributed by atoms with Crippen molar-refractivity contribution in [1.82, 2.24) is 9.62 Å². The van der Waals surface area contributed by atoms with Gasteiger partial charge in [0.05, 0.1) is 4.90 Å². The molecule has 0 aliphatic carbocycles. The standard InChI is InChI=1S/C19H30N2O3S2/c1-2-3-13-25-14-10-19(22)20-16-17-8-7-9-18(15-17)26(23,24)21-11-5-4-6-12-21/h7-9,15H,2-6,10-14,16H2,1H3,(H,20,22). The third-order valence-electron chi connectivity index (χ3n) is 4.46. The number of rotatable bonds is 10. The Kier molecular flexibility index (Phi) is 8.95. The first kappa shape index (κ1) is 21.3. The predicted octanol–water partition coefficient (Wildman–Crippen LogP) is 3.40. The molecule has 1 aliphatic heterocycles. The van der Waals surface area contributed by atoms with E-state index in [-0.39, 0.29) is 5.91 Å². The van der Waals surface area contributed by atoms with E-state index in [1.807, 2.05) is 6.07 Å². The molecule has 2 rings (SSSR count). The van der Waals surface area contributed by atoms with Crippen LogP contribution in [0.1, 0.15) is 51.0 Å². The number of unbranched alkanes of at least 4 members (excludes halogenated alkanes) is 1. The lowest BCUT2D eigenvalue weighted by Gasteiger charge is -2.26. The van der Waals surface area contributed by atoms with Gasteiger partial charge in [0.2, 0.25) is 15.9 Å². The molecule has 1 aliphatic rings. The fourth-order valence-corrected chi connectivity index (χ4v) is 5.49. The van der Waals surface area contributed by atoms with Gasteiger partial charge in [-0.1, -0.05) is 31.9 Å². The summed E-state index contributed by atoms with van der Waals surface area (Å²) in [4.78, 5) is 12.2. The highest BCUT2D eigenvalue weighted by Gasteiger charge is 2.25. The van der Waals surface area contributed by atoms with Crippen molar-refractivity contribution in [1.29, 1.82) is 0 Å². The summed E-state index contributed by atoms with van der Waals surface area (Å²) in [6, 6.07) is 6.92. The van der Waals surface area contributed by atoms with Crippen LogP contribution in [-0.4, -0.2) is 43.2 Å². The quantitative estimate of drug-likeness (QED) is 0.614. The maximum Gasteiger partial charge on any atom is 0.243 e. The summed E-state index contributed by atoms with van der Waals surface area (Å²) >= 11 is 1.80. The van der Waals surface area contributed by atoms with E-state index in [1.54, 1.807) is 34.3 Å². The number of carbonyl (C=O) groups is 1. The van der Waals surface area contributed by atoms with Gasteiger partial charge < -0.3 is 5.32 Å². The second-order valence-corrected chi connectivity index (χ2v) is 9.77. The van der Waals surface area contributed by atoms with E-state index in [0.29, 0.717) is 31.0 Å². The first-order chi connectivity index (χ1) is 12.5. The van der Waals surface area contributed by atoms with Gasteiger partial charge in [0.1, 0.15) is 0 Å². The highest BCUT2D eigenvalue weighted by Crippen LogP contribution is 2.21. The van der Waals surface area contributed by atoms with Gasteiger partial charge in [0, 0.05) is 31.8 Å². The van der Waals surface area contributed by atoms with Crippen molar-refractivity contribution in [3.8, 4) is 0 Å². The molecule has 1 aromatic rings. The normalized spacial score (nSPS) is 15.7. The van der Waals surface area contributed by atoms with Gasteiger partial charge in [-0.2, -0.15) is 16.1 Å². The molecule has 1 amide bonds. The molecule has 146 valence electrons. The van der Waals surface area contributed by atoms with Gasteiger partial charge in [-0.15, -0.1) is 0 Å². The number of thioether (sulfide) groups is 1. The van der Waals surface area contributed by atoms with Crippen LogP contribution in [0.15, 0.2) is 29.2 Å². The maximum absolute atomic E-state index is 12.7. The second kappa shape index (κ2) is 10.9. The van der Waals surface area contributed by atoms with Crippen LogP contribution in [0.4, 0.5) is 0 Å². The molecule has 1 saturated heterocycles. The van der Waals surface area contributed by atoms with Gasteiger partial charge in [-0.05, 0) is 42.7 Å². The lowest BCUT2D eigenvalue weighted by molar-refractivity contribution is -0.120. The maximum atomic E-state index is 12.7.